The van der Waals surface area contributed by atoms with Gasteiger partial charge in [-0.2, -0.15) is 26.3 Å². The van der Waals surface area contributed by atoms with Gasteiger partial charge in [-0.3, -0.25) is 0 Å². The van der Waals surface area contributed by atoms with Crippen LogP contribution in [0, 0.1) is 22.7 Å². The summed E-state index contributed by atoms with van der Waals surface area (Å²) in [7, 11) is 0. The van der Waals surface area contributed by atoms with Gasteiger partial charge in [-0.25, -0.2) is 0 Å². The summed E-state index contributed by atoms with van der Waals surface area (Å²) in [5, 5.41) is 0. The zero-order valence-corrected chi connectivity index (χ0v) is 9.58. The van der Waals surface area contributed by atoms with Crippen molar-refractivity contribution < 1.29 is 26.3 Å². The fourth-order valence-corrected chi connectivity index (χ4v) is 3.88. The van der Waals surface area contributed by atoms with E-state index in [0.29, 0.717) is 0 Å². The molecule has 0 aromatic rings. The number of hydrogen-bond donors (Lipinski definition) is 0. The van der Waals surface area contributed by atoms with E-state index >= 15 is 0 Å². The summed E-state index contributed by atoms with van der Waals surface area (Å²) in [6.45, 7) is 2.98. The van der Waals surface area contributed by atoms with Gasteiger partial charge in [0.2, 0.25) is 0 Å². The van der Waals surface area contributed by atoms with Gasteiger partial charge < -0.3 is 0 Å². The van der Waals surface area contributed by atoms with Crippen LogP contribution < -0.4 is 0 Å². The van der Waals surface area contributed by atoms with Crippen LogP contribution in [0.2, 0.25) is 0 Å². The maximum Gasteiger partial charge on any atom is 0.412 e. The third kappa shape index (κ3) is 1.10. The molecule has 0 nitrogen and oxygen atoms in total. The predicted octanol–water partition coefficient (Wildman–Crippen LogP) is 4.25. The van der Waals surface area contributed by atoms with Crippen molar-refractivity contribution in [3.8, 4) is 0 Å². The third-order valence-electron chi connectivity index (χ3n) is 4.91. The Morgan fingerprint density at radius 1 is 0.833 bits per heavy atom. The molecule has 3 aliphatic carbocycles. The summed E-state index contributed by atoms with van der Waals surface area (Å²) in [5.74, 6) is -2.05. The lowest BCUT2D eigenvalue weighted by atomic mass is 9.79. The highest BCUT2D eigenvalue weighted by molar-refractivity contribution is 5.55. The van der Waals surface area contributed by atoms with Gasteiger partial charge in [0.1, 0.15) is 0 Å². The van der Waals surface area contributed by atoms with Gasteiger partial charge in [0.05, 0.1) is 0 Å². The SMILES string of the molecule is CC12C=C(C(F)(F)F)C3C(C(C(F)(F)F)=C1)C32C. The second-order valence-electron chi connectivity index (χ2n) is 5.72. The number of rotatable bonds is 0. The summed E-state index contributed by atoms with van der Waals surface area (Å²) < 4.78 is 76.8. The van der Waals surface area contributed by atoms with E-state index < -0.39 is 46.2 Å². The van der Waals surface area contributed by atoms with Crippen LogP contribution in [0.25, 0.3) is 0 Å². The quantitative estimate of drug-likeness (QED) is 0.455. The Morgan fingerprint density at radius 2 is 1.17 bits per heavy atom. The highest BCUT2D eigenvalue weighted by Crippen LogP contribution is 2.83. The van der Waals surface area contributed by atoms with Crippen molar-refractivity contribution in [3.05, 3.63) is 23.3 Å². The molecule has 0 bridgehead atoms. The summed E-state index contributed by atoms with van der Waals surface area (Å²) in [4.78, 5) is 0. The molecule has 0 amide bonds. The lowest BCUT2D eigenvalue weighted by molar-refractivity contribution is -0.101. The molecule has 6 heteroatoms. The highest BCUT2D eigenvalue weighted by Gasteiger charge is 2.81. The van der Waals surface area contributed by atoms with Crippen molar-refractivity contribution in [1.29, 1.82) is 0 Å². The molecular formula is C12H10F6. The van der Waals surface area contributed by atoms with Crippen molar-refractivity contribution in [2.45, 2.75) is 26.2 Å². The molecule has 3 aliphatic rings. The van der Waals surface area contributed by atoms with Crippen molar-refractivity contribution >= 4 is 0 Å². The minimum Gasteiger partial charge on any atom is -0.166 e. The van der Waals surface area contributed by atoms with Crippen LogP contribution in [0.5, 0.6) is 0 Å². The predicted molar refractivity (Wildman–Crippen MR) is 51.5 cm³/mol. The van der Waals surface area contributed by atoms with Crippen LogP contribution in [-0.4, -0.2) is 12.4 Å². The molecule has 2 unspecified atom stereocenters. The molecule has 0 spiro atoms. The van der Waals surface area contributed by atoms with Gasteiger partial charge in [-0.1, -0.05) is 26.0 Å². The average Bonchev–Trinajstić information content (AvgIpc) is 2.64. The Labute approximate surface area is 99.4 Å². The van der Waals surface area contributed by atoms with E-state index in [1.54, 1.807) is 0 Å². The Hall–Kier alpha value is -0.940. The molecule has 0 saturated heterocycles. The van der Waals surface area contributed by atoms with Crippen molar-refractivity contribution in [2.24, 2.45) is 22.7 Å². The first-order valence-corrected chi connectivity index (χ1v) is 5.53. The lowest BCUT2D eigenvalue weighted by Crippen LogP contribution is -2.18. The molecule has 0 radical (unpaired) electrons. The second-order valence-corrected chi connectivity index (χ2v) is 5.72. The number of fused-ring (bicyclic) bond motifs is 1. The standard InChI is InChI=1S/C12H10F6/c1-9-3-5(11(13,14)15)7-8(10(7,9)2)6(4-9)12(16,17)18/h3-4,7-8H,1-2H3. The van der Waals surface area contributed by atoms with E-state index in [4.69, 9.17) is 0 Å². The van der Waals surface area contributed by atoms with Crippen LogP contribution in [0.15, 0.2) is 23.3 Å². The van der Waals surface area contributed by atoms with Crippen LogP contribution in [0.4, 0.5) is 26.3 Å². The lowest BCUT2D eigenvalue weighted by Gasteiger charge is -2.24. The summed E-state index contributed by atoms with van der Waals surface area (Å²) in [5.41, 5.74) is -3.64. The zero-order chi connectivity index (χ0) is 13.7. The Morgan fingerprint density at radius 3 is 1.39 bits per heavy atom. The molecule has 0 aromatic heterocycles. The summed E-state index contributed by atoms with van der Waals surface area (Å²) >= 11 is 0. The normalized spacial score (nSPS) is 45.8. The van der Waals surface area contributed by atoms with Crippen molar-refractivity contribution in [1.82, 2.24) is 0 Å². The molecule has 18 heavy (non-hydrogen) atoms. The molecule has 3 rings (SSSR count). The van der Waals surface area contributed by atoms with Crippen LogP contribution in [0.1, 0.15) is 13.8 Å². The molecule has 0 aliphatic heterocycles. The van der Waals surface area contributed by atoms with Crippen LogP contribution >= 0.6 is 0 Å². The van der Waals surface area contributed by atoms with E-state index in [0.717, 1.165) is 12.2 Å². The Balaban J connectivity index is 2.08. The van der Waals surface area contributed by atoms with Gasteiger partial charge in [-0.15, -0.1) is 0 Å². The van der Waals surface area contributed by atoms with Crippen molar-refractivity contribution in [3.63, 3.8) is 0 Å². The zero-order valence-electron chi connectivity index (χ0n) is 9.58. The van der Waals surface area contributed by atoms with E-state index in [1.165, 1.54) is 13.8 Å². The maximum atomic E-state index is 12.8. The maximum absolute atomic E-state index is 12.8. The van der Waals surface area contributed by atoms with Gasteiger partial charge in [-0.05, 0) is 5.41 Å². The number of halogens is 6. The number of hydrogen-bond acceptors (Lipinski definition) is 0. The van der Waals surface area contributed by atoms with Crippen LogP contribution in [-0.2, 0) is 0 Å². The molecule has 0 aromatic carbocycles. The Kier molecular flexibility index (Phi) is 1.78. The van der Waals surface area contributed by atoms with Gasteiger partial charge in [0.25, 0.3) is 0 Å². The molecular weight excluding hydrogens is 258 g/mol. The van der Waals surface area contributed by atoms with Gasteiger partial charge in [0.15, 0.2) is 0 Å². The molecule has 1 fully saturated rings. The first-order valence-electron chi connectivity index (χ1n) is 5.53. The minimum absolute atomic E-state index is 0.784. The molecule has 0 heterocycles. The average molecular weight is 268 g/mol. The summed E-state index contributed by atoms with van der Waals surface area (Å²) in [6.07, 6.45) is -7.11. The fraction of sp³-hybridized carbons (Fsp3) is 0.667. The molecule has 2 atom stereocenters. The first kappa shape index (κ1) is 12.1. The van der Waals surface area contributed by atoms with Crippen molar-refractivity contribution in [2.75, 3.05) is 0 Å². The number of alkyl halides is 6. The highest BCUT2D eigenvalue weighted by atomic mass is 19.4. The topological polar surface area (TPSA) is 0 Å². The van der Waals surface area contributed by atoms with E-state index in [2.05, 4.69) is 0 Å². The fourth-order valence-electron chi connectivity index (χ4n) is 3.88. The summed E-state index contributed by atoms with van der Waals surface area (Å²) in [6, 6.07) is 0. The molecule has 0 N–H and O–H groups in total. The largest absolute Gasteiger partial charge is 0.412 e. The Bertz CT molecular complexity index is 452. The molecule has 1 saturated carbocycles. The monoisotopic (exact) mass is 268 g/mol. The number of allylic oxidation sites excluding steroid dienone is 4. The third-order valence-corrected chi connectivity index (χ3v) is 4.91. The van der Waals surface area contributed by atoms with Gasteiger partial charge in [0, 0.05) is 28.4 Å². The van der Waals surface area contributed by atoms with E-state index in [1.807, 2.05) is 0 Å². The van der Waals surface area contributed by atoms with E-state index in [-0.39, 0.29) is 0 Å². The second kappa shape index (κ2) is 2.65. The van der Waals surface area contributed by atoms with Crippen LogP contribution in [0.3, 0.4) is 0 Å². The molecule has 100 valence electrons. The smallest absolute Gasteiger partial charge is 0.166 e. The minimum atomic E-state index is -4.53. The van der Waals surface area contributed by atoms with E-state index in [9.17, 15) is 26.3 Å². The first-order chi connectivity index (χ1) is 7.93. The van der Waals surface area contributed by atoms with Gasteiger partial charge >= 0.3 is 12.4 Å².